The molecule has 1 fully saturated rings. The maximum atomic E-state index is 12.3. The number of carbonyl (C=O) groups excluding carboxylic acids is 2. The van der Waals surface area contributed by atoms with Crippen molar-refractivity contribution in [3.05, 3.63) is 41.6 Å². The van der Waals surface area contributed by atoms with Crippen LogP contribution in [0, 0.1) is 17.2 Å². The minimum atomic E-state index is -0.433. The first kappa shape index (κ1) is 18.5. The Morgan fingerprint density at radius 3 is 2.36 bits per heavy atom. The quantitative estimate of drug-likeness (QED) is 0.635. The van der Waals surface area contributed by atoms with Crippen molar-refractivity contribution in [2.75, 3.05) is 18.4 Å². The topological polar surface area (TPSA) is 99.2 Å². The molecule has 132 valence electrons. The molecule has 0 radical (unpaired) electrons. The van der Waals surface area contributed by atoms with Crippen molar-refractivity contribution in [3.8, 4) is 6.07 Å². The van der Waals surface area contributed by atoms with E-state index < -0.39 is 5.91 Å². The maximum absolute atomic E-state index is 12.3. The van der Waals surface area contributed by atoms with Crippen molar-refractivity contribution in [1.82, 2.24) is 4.90 Å². The molecular weight excluding hydrogens is 316 g/mol. The first-order valence-corrected chi connectivity index (χ1v) is 8.47. The van der Waals surface area contributed by atoms with Gasteiger partial charge in [-0.05, 0) is 36.5 Å². The van der Waals surface area contributed by atoms with Gasteiger partial charge in [0.2, 0.25) is 5.91 Å². The molecule has 1 aliphatic rings. The second kappa shape index (κ2) is 8.34. The van der Waals surface area contributed by atoms with Crippen LogP contribution < -0.4 is 11.1 Å². The molecule has 0 bridgehead atoms. The van der Waals surface area contributed by atoms with Gasteiger partial charge in [0.25, 0.3) is 5.91 Å². The van der Waals surface area contributed by atoms with Crippen LogP contribution in [0.4, 0.5) is 5.69 Å². The molecule has 1 aliphatic heterocycles. The van der Waals surface area contributed by atoms with Crippen LogP contribution in [-0.4, -0.2) is 29.8 Å². The number of hydrogen-bond donors (Lipinski definition) is 2. The molecule has 0 spiro atoms. The van der Waals surface area contributed by atoms with Gasteiger partial charge in [-0.15, -0.1) is 0 Å². The van der Waals surface area contributed by atoms with Gasteiger partial charge in [0.15, 0.2) is 0 Å². The number of carbonyl (C=O) groups is 2. The summed E-state index contributed by atoms with van der Waals surface area (Å²) in [4.78, 5) is 25.4. The van der Waals surface area contributed by atoms with E-state index in [0.29, 0.717) is 37.5 Å². The minimum Gasteiger partial charge on any atom is -0.376 e. The molecule has 3 N–H and O–H groups in total. The Kier molecular flexibility index (Phi) is 6.18. The first-order chi connectivity index (χ1) is 11.9. The number of piperidine rings is 1. The molecular formula is C19H24N4O2. The van der Waals surface area contributed by atoms with Crippen molar-refractivity contribution in [2.24, 2.45) is 11.7 Å². The molecule has 1 heterocycles. The molecule has 0 saturated carbocycles. The van der Waals surface area contributed by atoms with Gasteiger partial charge in [-0.25, -0.2) is 0 Å². The largest absolute Gasteiger partial charge is 0.376 e. The minimum absolute atomic E-state index is 0.0467. The number of nitriles is 1. The number of nitrogens with two attached hydrogens (primary N) is 1. The van der Waals surface area contributed by atoms with Gasteiger partial charge in [0, 0.05) is 30.9 Å². The van der Waals surface area contributed by atoms with E-state index in [-0.39, 0.29) is 17.4 Å². The number of anilines is 1. The molecule has 2 amide bonds. The van der Waals surface area contributed by atoms with Gasteiger partial charge in [-0.1, -0.05) is 26.0 Å². The lowest BCUT2D eigenvalue weighted by Gasteiger charge is -2.29. The van der Waals surface area contributed by atoms with Crippen LogP contribution in [0.2, 0.25) is 0 Å². The molecule has 0 unspecified atom stereocenters. The second-order valence-electron chi connectivity index (χ2n) is 6.60. The first-order valence-electron chi connectivity index (χ1n) is 8.47. The molecule has 1 saturated heterocycles. The smallest absolute Gasteiger partial charge is 0.267 e. The maximum Gasteiger partial charge on any atom is 0.267 e. The van der Waals surface area contributed by atoms with E-state index in [2.05, 4.69) is 19.2 Å². The fraction of sp³-hybridized carbons (Fsp3) is 0.421. The van der Waals surface area contributed by atoms with E-state index in [9.17, 15) is 14.9 Å². The van der Waals surface area contributed by atoms with Gasteiger partial charge in [0.1, 0.15) is 11.6 Å². The lowest BCUT2D eigenvalue weighted by Crippen LogP contribution is -2.36. The molecule has 6 nitrogen and oxygen atoms in total. The van der Waals surface area contributed by atoms with Crippen LogP contribution in [0.1, 0.15) is 38.2 Å². The summed E-state index contributed by atoms with van der Waals surface area (Å²) < 4.78 is 0. The van der Waals surface area contributed by atoms with E-state index >= 15 is 0 Å². The van der Waals surface area contributed by atoms with Gasteiger partial charge in [-0.3, -0.25) is 9.59 Å². The number of primary amides is 1. The molecule has 1 aromatic carbocycles. The molecule has 1 aromatic rings. The summed E-state index contributed by atoms with van der Waals surface area (Å²) in [6.07, 6.45) is 2.85. The van der Waals surface area contributed by atoms with Crippen LogP contribution in [0.5, 0.6) is 0 Å². The Bertz CT molecular complexity index is 693. The predicted octanol–water partition coefficient (Wildman–Crippen LogP) is 2.35. The van der Waals surface area contributed by atoms with Gasteiger partial charge in [0.05, 0.1) is 0 Å². The Labute approximate surface area is 148 Å². The zero-order valence-corrected chi connectivity index (χ0v) is 14.7. The highest BCUT2D eigenvalue weighted by atomic mass is 16.2. The number of nitrogens with zero attached hydrogens (tertiary/aromatic N) is 2. The van der Waals surface area contributed by atoms with Crippen LogP contribution in [0.25, 0.3) is 0 Å². The van der Waals surface area contributed by atoms with Crippen LogP contribution in [0.3, 0.4) is 0 Å². The lowest BCUT2D eigenvalue weighted by molar-refractivity contribution is -0.123. The van der Waals surface area contributed by atoms with E-state index in [1.807, 2.05) is 35.2 Å². The highest BCUT2D eigenvalue weighted by Gasteiger charge is 2.22. The Balaban J connectivity index is 1.99. The second-order valence-corrected chi connectivity index (χ2v) is 6.60. The summed E-state index contributed by atoms with van der Waals surface area (Å²) in [5, 5.41) is 12.0. The SMILES string of the molecule is CC(C)c1ccc(NC(=O)/C(C#N)=C\N2CCC(C(N)=O)CC2)cc1. The summed E-state index contributed by atoms with van der Waals surface area (Å²) in [5.41, 5.74) is 7.20. The third kappa shape index (κ3) is 5.08. The number of likely N-dealkylation sites (tertiary alicyclic amines) is 1. The zero-order valence-electron chi connectivity index (χ0n) is 14.7. The van der Waals surface area contributed by atoms with Crippen molar-refractivity contribution in [1.29, 1.82) is 5.26 Å². The third-order valence-electron chi connectivity index (χ3n) is 4.44. The third-order valence-corrected chi connectivity index (χ3v) is 4.44. The Hall–Kier alpha value is -2.81. The van der Waals surface area contributed by atoms with E-state index in [1.54, 1.807) is 6.20 Å². The number of nitrogens with one attached hydrogen (secondary N) is 1. The van der Waals surface area contributed by atoms with Crippen LogP contribution in [0.15, 0.2) is 36.0 Å². The van der Waals surface area contributed by atoms with Crippen LogP contribution in [-0.2, 0) is 9.59 Å². The predicted molar refractivity (Wildman–Crippen MR) is 96.3 cm³/mol. The average Bonchev–Trinajstić information content (AvgIpc) is 2.60. The van der Waals surface area contributed by atoms with Crippen molar-refractivity contribution >= 4 is 17.5 Å². The molecule has 0 atom stereocenters. The summed E-state index contributed by atoms with van der Waals surface area (Å²) in [7, 11) is 0. The monoisotopic (exact) mass is 340 g/mol. The highest BCUT2D eigenvalue weighted by molar-refractivity contribution is 6.06. The van der Waals surface area contributed by atoms with E-state index in [1.165, 1.54) is 5.56 Å². The van der Waals surface area contributed by atoms with Crippen LogP contribution >= 0.6 is 0 Å². The van der Waals surface area contributed by atoms with E-state index in [0.717, 1.165) is 0 Å². The summed E-state index contributed by atoms with van der Waals surface area (Å²) >= 11 is 0. The van der Waals surface area contributed by atoms with Crippen molar-refractivity contribution < 1.29 is 9.59 Å². The Morgan fingerprint density at radius 2 is 1.88 bits per heavy atom. The number of hydrogen-bond acceptors (Lipinski definition) is 4. The number of rotatable bonds is 5. The summed E-state index contributed by atoms with van der Waals surface area (Å²) in [6.45, 7) is 5.42. The fourth-order valence-corrected chi connectivity index (χ4v) is 2.78. The van der Waals surface area contributed by atoms with Gasteiger partial charge in [-0.2, -0.15) is 5.26 Å². The molecule has 2 rings (SSSR count). The van der Waals surface area contributed by atoms with Crippen molar-refractivity contribution in [2.45, 2.75) is 32.6 Å². The Morgan fingerprint density at radius 1 is 1.28 bits per heavy atom. The average molecular weight is 340 g/mol. The normalized spacial score (nSPS) is 15.8. The van der Waals surface area contributed by atoms with Gasteiger partial charge < -0.3 is 16.0 Å². The molecule has 0 aromatic heterocycles. The fourth-order valence-electron chi connectivity index (χ4n) is 2.78. The number of benzene rings is 1. The molecule has 0 aliphatic carbocycles. The van der Waals surface area contributed by atoms with E-state index in [4.69, 9.17) is 5.73 Å². The zero-order chi connectivity index (χ0) is 18.4. The standard InChI is InChI=1S/C19H24N4O2/c1-13(2)14-3-5-17(6-4-14)22-19(25)16(11-20)12-23-9-7-15(8-10-23)18(21)24/h3-6,12-13,15H,7-10H2,1-2H3,(H2,21,24)(H,22,25)/b16-12-. The van der Waals surface area contributed by atoms with Gasteiger partial charge >= 0.3 is 0 Å². The summed E-state index contributed by atoms with van der Waals surface area (Å²) in [6, 6.07) is 9.54. The molecule has 6 heteroatoms. The van der Waals surface area contributed by atoms with Crippen molar-refractivity contribution in [3.63, 3.8) is 0 Å². The number of amides is 2. The summed E-state index contributed by atoms with van der Waals surface area (Å²) in [5.74, 6) is -0.422. The highest BCUT2D eigenvalue weighted by Crippen LogP contribution is 2.19. The molecule has 25 heavy (non-hydrogen) atoms. The lowest BCUT2D eigenvalue weighted by atomic mass is 9.96.